The molecule has 1 aliphatic heterocycles. The van der Waals surface area contributed by atoms with Gasteiger partial charge in [-0.25, -0.2) is 0 Å². The van der Waals surface area contributed by atoms with Crippen LogP contribution in [0, 0.1) is 0 Å². The maximum atomic E-state index is 10.1. The lowest BCUT2D eigenvalue weighted by Crippen LogP contribution is -2.55. The van der Waals surface area contributed by atoms with Crippen LogP contribution in [0.3, 0.4) is 0 Å². The number of hydrogen-bond donors (Lipinski definition) is 3. The number of allylic oxidation sites excluding steroid dienone is 2. The first-order valence-corrected chi connectivity index (χ1v) is 13.1. The highest BCUT2D eigenvalue weighted by molar-refractivity contribution is 4.87. The fourth-order valence-corrected chi connectivity index (χ4v) is 4.15. The average molecular weight is 443 g/mol. The molecule has 0 unspecified atom stereocenters. The minimum absolute atomic E-state index is 0.0996. The van der Waals surface area contributed by atoms with E-state index in [1.807, 2.05) is 0 Å². The van der Waals surface area contributed by atoms with Gasteiger partial charge in [0.05, 0.1) is 13.2 Å². The molecule has 0 aliphatic carbocycles. The number of ether oxygens (including phenoxy) is 2. The van der Waals surface area contributed by atoms with Crippen LogP contribution in [-0.2, 0) is 9.47 Å². The third kappa shape index (κ3) is 14.3. The van der Waals surface area contributed by atoms with Gasteiger partial charge in [-0.3, -0.25) is 0 Å². The van der Waals surface area contributed by atoms with E-state index in [2.05, 4.69) is 19.1 Å². The lowest BCUT2D eigenvalue weighted by atomic mass is 10.0. The first kappa shape index (κ1) is 28.6. The van der Waals surface area contributed by atoms with Crippen molar-refractivity contribution in [3.05, 3.63) is 12.2 Å². The molecule has 31 heavy (non-hydrogen) atoms. The van der Waals surface area contributed by atoms with Gasteiger partial charge in [0.25, 0.3) is 0 Å². The number of unbranched alkanes of at least 4 members (excludes halogenated alkanes) is 14. The Balaban J connectivity index is 1.82. The van der Waals surface area contributed by atoms with Crippen molar-refractivity contribution in [3.8, 4) is 0 Å². The first-order chi connectivity index (χ1) is 15.2. The molecule has 1 rings (SSSR count). The third-order valence-corrected chi connectivity index (χ3v) is 6.22. The van der Waals surface area contributed by atoms with E-state index in [-0.39, 0.29) is 13.2 Å². The molecule has 5 heteroatoms. The summed E-state index contributed by atoms with van der Waals surface area (Å²) in [7, 11) is 0. The second-order valence-corrected chi connectivity index (χ2v) is 9.09. The normalized spacial score (nSPS) is 24.3. The molecule has 0 aromatic rings. The smallest absolute Gasteiger partial charge is 0.114 e. The Morgan fingerprint density at radius 3 is 1.84 bits per heavy atom. The van der Waals surface area contributed by atoms with Gasteiger partial charge in [-0.2, -0.15) is 0 Å². The zero-order chi connectivity index (χ0) is 22.6. The molecule has 1 saturated heterocycles. The molecule has 0 saturated carbocycles. The van der Waals surface area contributed by atoms with Gasteiger partial charge in [0.1, 0.15) is 24.4 Å². The van der Waals surface area contributed by atoms with E-state index in [0.717, 1.165) is 12.8 Å². The van der Waals surface area contributed by atoms with Crippen LogP contribution in [0.25, 0.3) is 0 Å². The summed E-state index contributed by atoms with van der Waals surface area (Å²) in [6, 6.07) is 0. The SMILES string of the molecule is CCCCCCC/C=C/CCCCCCCCCCCO[C@H]1[C@H](O)[C@@H](CO)OC[C@@H]1O. The zero-order valence-electron chi connectivity index (χ0n) is 20.1. The van der Waals surface area contributed by atoms with E-state index in [4.69, 9.17) is 9.47 Å². The summed E-state index contributed by atoms with van der Waals surface area (Å²) in [5, 5.41) is 29.2. The zero-order valence-corrected chi connectivity index (χ0v) is 20.1. The van der Waals surface area contributed by atoms with Crippen LogP contribution in [0.2, 0.25) is 0 Å². The van der Waals surface area contributed by atoms with Crippen LogP contribution < -0.4 is 0 Å². The summed E-state index contributed by atoms with van der Waals surface area (Å²) in [4.78, 5) is 0. The molecule has 0 spiro atoms. The van der Waals surface area contributed by atoms with Crippen molar-refractivity contribution in [1.82, 2.24) is 0 Å². The van der Waals surface area contributed by atoms with Gasteiger partial charge in [-0.15, -0.1) is 0 Å². The number of rotatable bonds is 20. The fraction of sp³-hybridized carbons (Fsp3) is 0.923. The number of hydrogen-bond acceptors (Lipinski definition) is 5. The third-order valence-electron chi connectivity index (χ3n) is 6.22. The van der Waals surface area contributed by atoms with Gasteiger partial charge >= 0.3 is 0 Å². The second-order valence-electron chi connectivity index (χ2n) is 9.09. The van der Waals surface area contributed by atoms with Crippen molar-refractivity contribution in [2.45, 2.75) is 134 Å². The quantitative estimate of drug-likeness (QED) is 0.176. The molecule has 3 N–H and O–H groups in total. The van der Waals surface area contributed by atoms with Crippen LogP contribution in [-0.4, -0.2) is 59.6 Å². The summed E-state index contributed by atoms with van der Waals surface area (Å²) in [5.41, 5.74) is 0. The Labute approximate surface area is 191 Å². The van der Waals surface area contributed by atoms with Crippen molar-refractivity contribution < 1.29 is 24.8 Å². The van der Waals surface area contributed by atoms with Crippen molar-refractivity contribution >= 4 is 0 Å². The van der Waals surface area contributed by atoms with E-state index < -0.39 is 24.4 Å². The van der Waals surface area contributed by atoms with Gasteiger partial charge < -0.3 is 24.8 Å². The van der Waals surface area contributed by atoms with Crippen molar-refractivity contribution in [2.24, 2.45) is 0 Å². The molecule has 1 fully saturated rings. The molecule has 0 amide bonds. The summed E-state index contributed by atoms with van der Waals surface area (Å²) < 4.78 is 10.9. The number of aliphatic hydroxyl groups is 3. The molecular formula is C26H50O5. The van der Waals surface area contributed by atoms with Crippen molar-refractivity contribution in [3.63, 3.8) is 0 Å². The minimum atomic E-state index is -0.972. The average Bonchev–Trinajstić information content (AvgIpc) is 2.77. The second kappa shape index (κ2) is 20.2. The highest BCUT2D eigenvalue weighted by Crippen LogP contribution is 2.19. The fourth-order valence-electron chi connectivity index (χ4n) is 4.15. The molecule has 4 atom stereocenters. The lowest BCUT2D eigenvalue weighted by Gasteiger charge is -2.37. The molecule has 0 aromatic heterocycles. The van der Waals surface area contributed by atoms with Crippen molar-refractivity contribution in [2.75, 3.05) is 19.8 Å². The van der Waals surface area contributed by atoms with Crippen LogP contribution in [0.5, 0.6) is 0 Å². The number of aliphatic hydroxyl groups excluding tert-OH is 3. The largest absolute Gasteiger partial charge is 0.394 e. The van der Waals surface area contributed by atoms with Crippen LogP contribution in [0.1, 0.15) is 110 Å². The molecular weight excluding hydrogens is 392 g/mol. The summed E-state index contributed by atoms with van der Waals surface area (Å²) >= 11 is 0. The Morgan fingerprint density at radius 1 is 0.774 bits per heavy atom. The predicted octanol–water partition coefficient (Wildman–Crippen LogP) is 5.30. The van der Waals surface area contributed by atoms with E-state index in [9.17, 15) is 15.3 Å². The highest BCUT2D eigenvalue weighted by Gasteiger charge is 2.38. The minimum Gasteiger partial charge on any atom is -0.394 e. The van der Waals surface area contributed by atoms with Crippen molar-refractivity contribution in [1.29, 1.82) is 0 Å². The van der Waals surface area contributed by atoms with E-state index in [1.165, 1.54) is 89.9 Å². The van der Waals surface area contributed by atoms with Gasteiger partial charge in [-0.05, 0) is 32.1 Å². The summed E-state index contributed by atoms with van der Waals surface area (Å²) in [6.45, 7) is 2.64. The predicted molar refractivity (Wildman–Crippen MR) is 127 cm³/mol. The molecule has 0 bridgehead atoms. The Hall–Kier alpha value is -0.460. The monoisotopic (exact) mass is 442 g/mol. The maximum Gasteiger partial charge on any atom is 0.114 e. The van der Waals surface area contributed by atoms with Gasteiger partial charge in [0.15, 0.2) is 0 Å². The Morgan fingerprint density at radius 2 is 1.29 bits per heavy atom. The van der Waals surface area contributed by atoms with E-state index in [0.29, 0.717) is 6.61 Å². The van der Waals surface area contributed by atoms with Crippen LogP contribution in [0.4, 0.5) is 0 Å². The molecule has 0 aromatic carbocycles. The molecule has 5 nitrogen and oxygen atoms in total. The maximum absolute atomic E-state index is 10.1. The van der Waals surface area contributed by atoms with E-state index >= 15 is 0 Å². The standard InChI is InChI=1S/C26H50O5/c1-2-3-4-5-6-7-8-9-10-11-12-13-14-15-16-17-18-19-20-30-26-23(28)22-31-24(21-27)25(26)29/h8-9,23-29H,2-7,10-22H2,1H3/b9-8+/t23-,24+,25+,26+/m0/s1. The topological polar surface area (TPSA) is 79.2 Å². The summed E-state index contributed by atoms with van der Waals surface area (Å²) in [5.74, 6) is 0. The first-order valence-electron chi connectivity index (χ1n) is 13.1. The van der Waals surface area contributed by atoms with E-state index in [1.54, 1.807) is 0 Å². The lowest BCUT2D eigenvalue weighted by molar-refractivity contribution is -0.210. The Bertz CT molecular complexity index is 415. The summed E-state index contributed by atoms with van der Waals surface area (Å²) in [6.07, 6.45) is 22.2. The van der Waals surface area contributed by atoms with Gasteiger partial charge in [-0.1, -0.05) is 89.7 Å². The highest BCUT2D eigenvalue weighted by atomic mass is 16.6. The molecule has 184 valence electrons. The molecule has 1 aliphatic rings. The van der Waals surface area contributed by atoms with Gasteiger partial charge in [0.2, 0.25) is 0 Å². The Kier molecular flexibility index (Phi) is 18.6. The van der Waals surface area contributed by atoms with Crippen LogP contribution >= 0.6 is 0 Å². The van der Waals surface area contributed by atoms with Gasteiger partial charge in [0, 0.05) is 6.61 Å². The molecule has 1 heterocycles. The molecule has 0 radical (unpaired) electrons. The van der Waals surface area contributed by atoms with Crippen LogP contribution in [0.15, 0.2) is 12.2 Å².